The fourth-order valence-electron chi connectivity index (χ4n) is 3.14. The van der Waals surface area contributed by atoms with Crippen molar-refractivity contribution in [2.24, 2.45) is 0 Å². The summed E-state index contributed by atoms with van der Waals surface area (Å²) in [5, 5.41) is 8.61. The zero-order chi connectivity index (χ0) is 22.5. The van der Waals surface area contributed by atoms with E-state index in [2.05, 4.69) is 15.4 Å². The number of amides is 1. The molecule has 0 aliphatic carbocycles. The molecule has 0 radical (unpaired) electrons. The molecule has 32 heavy (non-hydrogen) atoms. The van der Waals surface area contributed by atoms with Gasteiger partial charge in [-0.2, -0.15) is 5.10 Å². The van der Waals surface area contributed by atoms with Crippen LogP contribution in [-0.4, -0.2) is 38.4 Å². The van der Waals surface area contributed by atoms with E-state index in [1.165, 1.54) is 17.1 Å². The highest BCUT2D eigenvalue weighted by Gasteiger charge is 2.11. The van der Waals surface area contributed by atoms with Gasteiger partial charge < -0.3 is 10.1 Å². The first kappa shape index (κ1) is 21.9. The molecule has 4 aromatic rings. The van der Waals surface area contributed by atoms with Crippen molar-refractivity contribution >= 4 is 40.1 Å². The predicted molar refractivity (Wildman–Crippen MR) is 122 cm³/mol. The third-order valence-corrected chi connectivity index (χ3v) is 5.18. The van der Waals surface area contributed by atoms with Crippen molar-refractivity contribution in [3.63, 3.8) is 0 Å². The number of aromatic nitrogens is 4. The van der Waals surface area contributed by atoms with Gasteiger partial charge in [-0.25, -0.2) is 9.67 Å². The van der Waals surface area contributed by atoms with Crippen molar-refractivity contribution in [3.8, 4) is 5.75 Å². The minimum Gasteiger partial charge on any atom is -0.484 e. The second kappa shape index (κ2) is 9.84. The van der Waals surface area contributed by atoms with Crippen LogP contribution >= 0.6 is 23.2 Å². The number of nitrogens with zero attached hydrogens (tertiary/aromatic N) is 4. The predicted octanol–water partition coefficient (Wildman–Crippen LogP) is 3.14. The van der Waals surface area contributed by atoms with Crippen LogP contribution in [0.4, 0.5) is 0 Å². The third-order valence-electron chi connectivity index (χ3n) is 4.69. The molecule has 2 aromatic carbocycles. The van der Waals surface area contributed by atoms with E-state index in [0.29, 0.717) is 46.5 Å². The van der Waals surface area contributed by atoms with Gasteiger partial charge >= 0.3 is 0 Å². The minimum absolute atomic E-state index is 0.117. The summed E-state index contributed by atoms with van der Waals surface area (Å²) in [7, 11) is 0. The molecular weight excluding hydrogens is 453 g/mol. The highest BCUT2D eigenvalue weighted by molar-refractivity contribution is 6.30. The Morgan fingerprint density at radius 2 is 1.91 bits per heavy atom. The normalized spacial score (nSPS) is 10.9. The Bertz CT molecular complexity index is 1300. The number of fused-ring (bicyclic) bond motifs is 1. The van der Waals surface area contributed by atoms with Crippen LogP contribution in [0.25, 0.3) is 11.0 Å². The number of hydrogen-bond donors (Lipinski definition) is 1. The summed E-state index contributed by atoms with van der Waals surface area (Å²) < 4.78 is 8.50. The maximum absolute atomic E-state index is 12.8. The molecule has 4 rings (SSSR count). The number of halogens is 2. The number of hydrogen-bond acceptors (Lipinski definition) is 5. The van der Waals surface area contributed by atoms with Crippen molar-refractivity contribution in [2.75, 3.05) is 13.2 Å². The largest absolute Gasteiger partial charge is 0.484 e. The average Bonchev–Trinajstić information content (AvgIpc) is 3.19. The molecule has 0 bridgehead atoms. The van der Waals surface area contributed by atoms with Gasteiger partial charge in [0.05, 0.1) is 19.3 Å². The smallest absolute Gasteiger partial charge is 0.264 e. The maximum atomic E-state index is 12.8. The fourth-order valence-corrected chi connectivity index (χ4v) is 3.48. The van der Waals surface area contributed by atoms with Crippen molar-refractivity contribution in [1.82, 2.24) is 24.6 Å². The van der Waals surface area contributed by atoms with Crippen LogP contribution in [0.2, 0.25) is 10.0 Å². The van der Waals surface area contributed by atoms with Crippen LogP contribution in [0.3, 0.4) is 0 Å². The van der Waals surface area contributed by atoms with Gasteiger partial charge in [0, 0.05) is 16.6 Å². The van der Waals surface area contributed by atoms with Crippen molar-refractivity contribution < 1.29 is 9.53 Å². The summed E-state index contributed by atoms with van der Waals surface area (Å²) in [6.45, 7) is 0.916. The highest BCUT2D eigenvalue weighted by Crippen LogP contribution is 2.15. The first-order valence-corrected chi connectivity index (χ1v) is 10.6. The van der Waals surface area contributed by atoms with Crippen molar-refractivity contribution in [3.05, 3.63) is 87.0 Å². The van der Waals surface area contributed by atoms with Crippen LogP contribution in [0, 0.1) is 0 Å². The van der Waals surface area contributed by atoms with Gasteiger partial charge in [-0.05, 0) is 42.0 Å². The van der Waals surface area contributed by atoms with Crippen LogP contribution in [0.5, 0.6) is 5.75 Å². The van der Waals surface area contributed by atoms with Gasteiger partial charge in [0.2, 0.25) is 0 Å². The summed E-state index contributed by atoms with van der Waals surface area (Å²) in [5.41, 5.74) is 1.17. The summed E-state index contributed by atoms with van der Waals surface area (Å²) >= 11 is 11.8. The van der Waals surface area contributed by atoms with E-state index in [0.717, 1.165) is 5.56 Å². The first-order valence-electron chi connectivity index (χ1n) is 9.80. The molecule has 1 N–H and O–H groups in total. The molecule has 0 aliphatic heterocycles. The van der Waals surface area contributed by atoms with Gasteiger partial charge in [-0.3, -0.25) is 14.2 Å². The molecule has 2 aromatic heterocycles. The van der Waals surface area contributed by atoms with Gasteiger partial charge in [-0.1, -0.05) is 35.3 Å². The molecule has 2 heterocycles. The van der Waals surface area contributed by atoms with Crippen molar-refractivity contribution in [2.45, 2.75) is 13.1 Å². The zero-order valence-electron chi connectivity index (χ0n) is 16.9. The lowest BCUT2D eigenvalue weighted by atomic mass is 10.2. The van der Waals surface area contributed by atoms with Gasteiger partial charge in [0.15, 0.2) is 12.3 Å². The highest BCUT2D eigenvalue weighted by atomic mass is 35.5. The van der Waals surface area contributed by atoms with Gasteiger partial charge in [0.25, 0.3) is 11.5 Å². The molecule has 164 valence electrons. The van der Waals surface area contributed by atoms with Crippen molar-refractivity contribution in [1.29, 1.82) is 0 Å². The lowest BCUT2D eigenvalue weighted by Crippen LogP contribution is -2.31. The molecule has 0 aliphatic rings. The number of benzene rings is 2. The monoisotopic (exact) mass is 471 g/mol. The lowest BCUT2D eigenvalue weighted by molar-refractivity contribution is -0.123. The topological polar surface area (TPSA) is 91.0 Å². The zero-order valence-corrected chi connectivity index (χ0v) is 18.4. The third kappa shape index (κ3) is 5.27. The van der Waals surface area contributed by atoms with E-state index < -0.39 is 0 Å². The molecule has 0 spiro atoms. The fraction of sp³-hybridized carbons (Fsp3) is 0.182. The van der Waals surface area contributed by atoms with E-state index in [1.54, 1.807) is 41.1 Å². The molecule has 0 fully saturated rings. The summed E-state index contributed by atoms with van der Waals surface area (Å²) in [5.74, 6) is 0.286. The number of carbonyl (C=O) groups excluding carboxylic acids is 1. The van der Waals surface area contributed by atoms with Crippen LogP contribution in [-0.2, 0) is 17.9 Å². The molecular formula is C22H19Cl2N5O3. The van der Waals surface area contributed by atoms with E-state index in [9.17, 15) is 9.59 Å². The lowest BCUT2D eigenvalue weighted by Gasteiger charge is -2.09. The molecule has 0 atom stereocenters. The van der Waals surface area contributed by atoms with E-state index in [1.807, 2.05) is 12.1 Å². The molecule has 10 heteroatoms. The molecule has 1 amide bonds. The van der Waals surface area contributed by atoms with Gasteiger partial charge in [0.1, 0.15) is 17.5 Å². The molecule has 0 saturated carbocycles. The number of carbonyl (C=O) groups is 1. The number of nitrogens with one attached hydrogen (secondary N) is 1. The van der Waals surface area contributed by atoms with E-state index in [4.69, 9.17) is 27.9 Å². The Morgan fingerprint density at radius 1 is 1.09 bits per heavy atom. The molecule has 8 nitrogen and oxygen atoms in total. The summed E-state index contributed by atoms with van der Waals surface area (Å²) in [4.78, 5) is 29.2. The number of rotatable bonds is 8. The second-order valence-corrected chi connectivity index (χ2v) is 7.88. The first-order chi connectivity index (χ1) is 15.5. The molecule has 0 saturated heterocycles. The quantitative estimate of drug-likeness (QED) is 0.426. The van der Waals surface area contributed by atoms with E-state index >= 15 is 0 Å². The Morgan fingerprint density at radius 3 is 2.69 bits per heavy atom. The minimum atomic E-state index is -0.270. The number of ether oxygens (including phenoxy) is 1. The Labute approximate surface area is 193 Å². The molecule has 0 unspecified atom stereocenters. The van der Waals surface area contributed by atoms with Crippen LogP contribution < -0.4 is 15.6 Å². The standard InChI is InChI=1S/C22H19Cl2N5O3/c23-16-4-6-18(7-5-16)32-13-20(30)25-8-9-29-21-19(11-27-29)22(31)28(14-26-21)12-15-2-1-3-17(24)10-15/h1-7,10-11,14H,8-9,12-13H2,(H,25,30). The van der Waals surface area contributed by atoms with Crippen LogP contribution in [0.1, 0.15) is 5.56 Å². The average molecular weight is 472 g/mol. The van der Waals surface area contributed by atoms with E-state index in [-0.39, 0.29) is 18.1 Å². The van der Waals surface area contributed by atoms with Gasteiger partial charge in [-0.15, -0.1) is 0 Å². The summed E-state index contributed by atoms with van der Waals surface area (Å²) in [6, 6.07) is 14.1. The SMILES string of the molecule is O=C(COc1ccc(Cl)cc1)NCCn1ncc2c(=O)n(Cc3cccc(Cl)c3)cnc21. The Hall–Kier alpha value is -3.36. The Kier molecular flexibility index (Phi) is 6.72. The maximum Gasteiger partial charge on any atom is 0.264 e. The Balaban J connectivity index is 1.34. The second-order valence-electron chi connectivity index (χ2n) is 7.01. The summed E-state index contributed by atoms with van der Waals surface area (Å²) in [6.07, 6.45) is 2.98. The van der Waals surface area contributed by atoms with Crippen LogP contribution in [0.15, 0.2) is 65.8 Å².